The molecule has 0 atom stereocenters. The van der Waals surface area contributed by atoms with Crippen molar-refractivity contribution in [3.05, 3.63) is 72.6 Å². The molecule has 0 spiro atoms. The molecule has 0 saturated carbocycles. The van der Waals surface area contributed by atoms with Crippen molar-refractivity contribution in [2.75, 3.05) is 25.3 Å². The molecule has 0 aliphatic rings. The minimum absolute atomic E-state index is 0.136. The molecule has 1 amide bonds. The molecule has 2 aromatic carbocycles. The molecule has 0 unspecified atom stereocenters. The van der Waals surface area contributed by atoms with Crippen molar-refractivity contribution in [1.29, 1.82) is 0 Å². The Bertz CT molecular complexity index is 1260. The number of thioether (sulfide) groups is 1. The molecule has 2 heterocycles. The zero-order valence-corrected chi connectivity index (χ0v) is 19.3. The number of anilines is 1. The van der Waals surface area contributed by atoms with Crippen molar-refractivity contribution >= 4 is 23.4 Å². The van der Waals surface area contributed by atoms with Gasteiger partial charge in [-0.05, 0) is 42.8 Å². The standard InChI is InChI=1S/C24H23N5O3S/c1-16-7-4-5-9-20(16)29-23(17-8-6-12-25-14-17)27-28-24(29)33-15-22(30)26-19-13-18(31-2)10-11-21(19)32-3/h4-14H,15H2,1-3H3,(H,26,30). The van der Waals surface area contributed by atoms with Crippen LogP contribution < -0.4 is 14.8 Å². The molecule has 168 valence electrons. The number of aryl methyl sites for hydroxylation is 1. The molecule has 33 heavy (non-hydrogen) atoms. The molecule has 8 nitrogen and oxygen atoms in total. The molecule has 4 rings (SSSR count). The van der Waals surface area contributed by atoms with E-state index in [4.69, 9.17) is 9.47 Å². The number of para-hydroxylation sites is 1. The Balaban J connectivity index is 1.60. The number of methoxy groups -OCH3 is 2. The Kier molecular flexibility index (Phi) is 6.89. The first kappa shape index (κ1) is 22.3. The molecule has 9 heteroatoms. The monoisotopic (exact) mass is 461 g/mol. The number of rotatable bonds is 8. The second-order valence-electron chi connectivity index (χ2n) is 7.07. The fourth-order valence-electron chi connectivity index (χ4n) is 3.31. The number of hydrogen-bond donors (Lipinski definition) is 1. The molecular formula is C24H23N5O3S. The summed E-state index contributed by atoms with van der Waals surface area (Å²) in [5.41, 5.74) is 3.39. The maximum absolute atomic E-state index is 12.7. The van der Waals surface area contributed by atoms with Crippen molar-refractivity contribution in [2.45, 2.75) is 12.1 Å². The summed E-state index contributed by atoms with van der Waals surface area (Å²) >= 11 is 1.30. The van der Waals surface area contributed by atoms with E-state index in [0.29, 0.717) is 28.2 Å². The number of benzene rings is 2. The third-order valence-corrected chi connectivity index (χ3v) is 5.85. The zero-order chi connectivity index (χ0) is 23.2. The van der Waals surface area contributed by atoms with Crippen molar-refractivity contribution in [2.24, 2.45) is 0 Å². The highest BCUT2D eigenvalue weighted by Crippen LogP contribution is 2.31. The maximum Gasteiger partial charge on any atom is 0.234 e. The summed E-state index contributed by atoms with van der Waals surface area (Å²) in [6, 6.07) is 17.0. The number of nitrogens with zero attached hydrogens (tertiary/aromatic N) is 4. The summed E-state index contributed by atoms with van der Waals surface area (Å²) in [6.07, 6.45) is 3.46. The lowest BCUT2D eigenvalue weighted by Crippen LogP contribution is -2.15. The molecule has 0 saturated heterocycles. The second kappa shape index (κ2) is 10.2. The minimum atomic E-state index is -0.200. The van der Waals surface area contributed by atoms with Gasteiger partial charge in [0.05, 0.1) is 31.3 Å². The van der Waals surface area contributed by atoms with E-state index in [9.17, 15) is 4.79 Å². The SMILES string of the molecule is COc1ccc(OC)c(NC(=O)CSc2nnc(-c3cccnc3)n2-c2ccccc2C)c1. The summed E-state index contributed by atoms with van der Waals surface area (Å²) < 4.78 is 12.5. The Hall–Kier alpha value is -3.85. The molecule has 0 aliphatic heterocycles. The number of hydrogen-bond acceptors (Lipinski definition) is 7. The number of pyridine rings is 1. The van der Waals surface area contributed by atoms with Gasteiger partial charge < -0.3 is 14.8 Å². The Morgan fingerprint density at radius 1 is 1.06 bits per heavy atom. The van der Waals surface area contributed by atoms with Gasteiger partial charge in [0, 0.05) is 24.0 Å². The average Bonchev–Trinajstić information content (AvgIpc) is 3.27. The topological polar surface area (TPSA) is 91.2 Å². The first-order chi connectivity index (χ1) is 16.1. The molecule has 0 fully saturated rings. The fourth-order valence-corrected chi connectivity index (χ4v) is 4.05. The van der Waals surface area contributed by atoms with Gasteiger partial charge >= 0.3 is 0 Å². The average molecular weight is 462 g/mol. The Morgan fingerprint density at radius 3 is 2.64 bits per heavy atom. The first-order valence-corrected chi connectivity index (χ1v) is 11.2. The first-order valence-electron chi connectivity index (χ1n) is 10.2. The van der Waals surface area contributed by atoms with Crippen LogP contribution >= 0.6 is 11.8 Å². The van der Waals surface area contributed by atoms with Crippen molar-refractivity contribution in [1.82, 2.24) is 19.7 Å². The van der Waals surface area contributed by atoms with E-state index >= 15 is 0 Å². The number of nitrogens with one attached hydrogen (secondary N) is 1. The molecular weight excluding hydrogens is 438 g/mol. The summed E-state index contributed by atoms with van der Waals surface area (Å²) in [7, 11) is 3.12. The Labute approximate surface area is 196 Å². The van der Waals surface area contributed by atoms with Gasteiger partial charge in [-0.15, -0.1) is 10.2 Å². The van der Waals surface area contributed by atoms with E-state index in [2.05, 4.69) is 20.5 Å². The summed E-state index contributed by atoms with van der Waals surface area (Å²) in [5, 5.41) is 12.3. The zero-order valence-electron chi connectivity index (χ0n) is 18.5. The third-order valence-electron chi connectivity index (χ3n) is 4.92. The Morgan fingerprint density at radius 2 is 1.91 bits per heavy atom. The maximum atomic E-state index is 12.7. The van der Waals surface area contributed by atoms with Crippen molar-refractivity contribution in [3.63, 3.8) is 0 Å². The molecule has 4 aromatic rings. The number of aromatic nitrogens is 4. The van der Waals surface area contributed by atoms with Crippen molar-refractivity contribution < 1.29 is 14.3 Å². The summed E-state index contributed by atoms with van der Waals surface area (Å²) in [5.74, 6) is 1.77. The smallest absolute Gasteiger partial charge is 0.234 e. The number of carbonyl (C=O) groups excluding carboxylic acids is 1. The van der Waals surface area contributed by atoms with Crippen LogP contribution in [0, 0.1) is 6.92 Å². The van der Waals surface area contributed by atoms with Gasteiger partial charge in [-0.25, -0.2) is 0 Å². The van der Waals surface area contributed by atoms with Crippen LogP contribution in [0.25, 0.3) is 17.1 Å². The number of amides is 1. The molecule has 2 aromatic heterocycles. The van der Waals surface area contributed by atoms with Crippen LogP contribution in [-0.2, 0) is 4.79 Å². The van der Waals surface area contributed by atoms with Gasteiger partial charge in [0.2, 0.25) is 5.91 Å². The van der Waals surface area contributed by atoms with E-state index in [-0.39, 0.29) is 11.7 Å². The van der Waals surface area contributed by atoms with E-state index in [0.717, 1.165) is 16.8 Å². The lowest BCUT2D eigenvalue weighted by Gasteiger charge is -2.13. The lowest BCUT2D eigenvalue weighted by atomic mass is 10.2. The van der Waals surface area contributed by atoms with Crippen LogP contribution in [0.4, 0.5) is 5.69 Å². The quantitative estimate of drug-likeness (QED) is 0.389. The minimum Gasteiger partial charge on any atom is -0.497 e. The van der Waals surface area contributed by atoms with Crippen LogP contribution in [0.2, 0.25) is 0 Å². The number of carbonyl (C=O) groups is 1. The van der Waals surface area contributed by atoms with E-state index in [1.54, 1.807) is 44.8 Å². The van der Waals surface area contributed by atoms with Crippen LogP contribution in [-0.4, -0.2) is 45.6 Å². The second-order valence-corrected chi connectivity index (χ2v) is 8.02. The van der Waals surface area contributed by atoms with Gasteiger partial charge in [-0.1, -0.05) is 30.0 Å². The highest BCUT2D eigenvalue weighted by atomic mass is 32.2. The highest BCUT2D eigenvalue weighted by molar-refractivity contribution is 7.99. The lowest BCUT2D eigenvalue weighted by molar-refractivity contribution is -0.113. The van der Waals surface area contributed by atoms with Gasteiger partial charge in [0.1, 0.15) is 11.5 Å². The van der Waals surface area contributed by atoms with Crippen molar-refractivity contribution in [3.8, 4) is 28.6 Å². The normalized spacial score (nSPS) is 10.6. The van der Waals surface area contributed by atoms with Gasteiger partial charge in [0.15, 0.2) is 11.0 Å². The predicted molar refractivity (Wildman–Crippen MR) is 128 cm³/mol. The van der Waals surface area contributed by atoms with Crippen LogP contribution in [0.3, 0.4) is 0 Å². The summed E-state index contributed by atoms with van der Waals surface area (Å²) in [4.78, 5) is 17.0. The van der Waals surface area contributed by atoms with Crippen LogP contribution in [0.1, 0.15) is 5.56 Å². The van der Waals surface area contributed by atoms with Gasteiger partial charge in [-0.3, -0.25) is 14.3 Å². The van der Waals surface area contributed by atoms with Crippen LogP contribution in [0.15, 0.2) is 72.1 Å². The number of ether oxygens (including phenoxy) is 2. The van der Waals surface area contributed by atoms with Crippen LogP contribution in [0.5, 0.6) is 11.5 Å². The fraction of sp³-hybridized carbons (Fsp3) is 0.167. The molecule has 0 radical (unpaired) electrons. The van der Waals surface area contributed by atoms with Gasteiger partial charge in [0.25, 0.3) is 0 Å². The van der Waals surface area contributed by atoms with E-state index in [1.807, 2.05) is 47.9 Å². The van der Waals surface area contributed by atoms with E-state index < -0.39 is 0 Å². The summed E-state index contributed by atoms with van der Waals surface area (Å²) in [6.45, 7) is 2.03. The molecule has 0 aliphatic carbocycles. The largest absolute Gasteiger partial charge is 0.497 e. The molecule has 1 N–H and O–H groups in total. The predicted octanol–water partition coefficient (Wildman–Crippen LogP) is 4.39. The highest BCUT2D eigenvalue weighted by Gasteiger charge is 2.19. The third kappa shape index (κ3) is 4.98. The van der Waals surface area contributed by atoms with E-state index in [1.165, 1.54) is 11.8 Å². The molecule has 0 bridgehead atoms. The van der Waals surface area contributed by atoms with Gasteiger partial charge in [-0.2, -0.15) is 0 Å².